The summed E-state index contributed by atoms with van der Waals surface area (Å²) in [4.78, 5) is 2.31. The maximum absolute atomic E-state index is 9.60. The number of hydrogen-bond acceptors (Lipinski definition) is 3. The Morgan fingerprint density at radius 3 is 1.81 bits per heavy atom. The first-order chi connectivity index (χ1) is 17.8. The average molecular weight is 460 g/mol. The summed E-state index contributed by atoms with van der Waals surface area (Å²) in [5, 5.41) is 18.9. The topological polar surface area (TPSA) is 50.8 Å². The van der Waals surface area contributed by atoms with Crippen molar-refractivity contribution in [3.63, 3.8) is 0 Å². The zero-order valence-corrected chi connectivity index (χ0v) is 19.5. The Kier molecular flexibility index (Phi) is 5.30. The van der Waals surface area contributed by atoms with E-state index in [0.29, 0.717) is 11.1 Å². The van der Waals surface area contributed by atoms with Crippen LogP contribution in [-0.2, 0) is 0 Å². The molecule has 0 saturated carbocycles. The van der Waals surface area contributed by atoms with Gasteiger partial charge in [0.25, 0.3) is 0 Å². The van der Waals surface area contributed by atoms with Gasteiger partial charge in [-0.25, -0.2) is 0 Å². The van der Waals surface area contributed by atoms with Crippen LogP contribution in [-0.4, -0.2) is 0 Å². The van der Waals surface area contributed by atoms with Crippen molar-refractivity contribution in [1.29, 1.82) is 10.5 Å². The largest absolute Gasteiger partial charge is 0.310 e. The van der Waals surface area contributed by atoms with Crippen molar-refractivity contribution < 1.29 is 0 Å². The van der Waals surface area contributed by atoms with Crippen molar-refractivity contribution in [2.75, 3.05) is 4.90 Å². The predicted molar refractivity (Wildman–Crippen MR) is 143 cm³/mol. The van der Waals surface area contributed by atoms with Crippen molar-refractivity contribution >= 4 is 17.1 Å². The molecular formula is C33H21N3. The van der Waals surface area contributed by atoms with Gasteiger partial charge in [-0.1, -0.05) is 78.9 Å². The monoisotopic (exact) mass is 459 g/mol. The summed E-state index contributed by atoms with van der Waals surface area (Å²) in [5.74, 6) is 0.154. The van der Waals surface area contributed by atoms with E-state index in [1.807, 2.05) is 12.1 Å². The standard InChI is InChI=1S/C33H21N3/c34-21-23-14-15-26(22-35)30(20-23)24-16-18-27(19-17-24)36-31-12-6-4-10-28(31)33(25-8-2-1-3-9-25)29-11-5-7-13-32(29)36/h1-20,33H. The van der Waals surface area contributed by atoms with E-state index in [2.05, 4.69) is 108 Å². The molecule has 0 saturated heterocycles. The van der Waals surface area contributed by atoms with Gasteiger partial charge in [0.1, 0.15) is 0 Å². The molecule has 3 heteroatoms. The molecule has 0 aromatic heterocycles. The highest BCUT2D eigenvalue weighted by Crippen LogP contribution is 2.51. The Hall–Kier alpha value is -5.12. The molecule has 0 unspecified atom stereocenters. The molecule has 0 N–H and O–H groups in total. The van der Waals surface area contributed by atoms with E-state index < -0.39 is 0 Å². The van der Waals surface area contributed by atoms with Gasteiger partial charge in [0.05, 0.1) is 34.6 Å². The average Bonchev–Trinajstić information content (AvgIpc) is 2.96. The van der Waals surface area contributed by atoms with Crippen molar-refractivity contribution in [3.05, 3.63) is 149 Å². The van der Waals surface area contributed by atoms with E-state index in [4.69, 9.17) is 0 Å². The fraction of sp³-hybridized carbons (Fsp3) is 0.0303. The van der Waals surface area contributed by atoms with Gasteiger partial charge in [-0.05, 0) is 64.7 Å². The molecule has 6 rings (SSSR count). The first-order valence-corrected chi connectivity index (χ1v) is 11.9. The number of rotatable bonds is 3. The zero-order chi connectivity index (χ0) is 24.5. The van der Waals surface area contributed by atoms with Gasteiger partial charge >= 0.3 is 0 Å². The lowest BCUT2D eigenvalue weighted by molar-refractivity contribution is 0.939. The summed E-state index contributed by atoms with van der Waals surface area (Å²) in [6, 6.07) is 45.7. The van der Waals surface area contributed by atoms with Crippen molar-refractivity contribution in [2.45, 2.75) is 5.92 Å². The molecule has 0 bridgehead atoms. The molecule has 0 atom stereocenters. The molecule has 1 aliphatic rings. The van der Waals surface area contributed by atoms with Crippen LogP contribution < -0.4 is 4.90 Å². The third kappa shape index (κ3) is 3.52. The molecule has 0 aliphatic carbocycles. The molecule has 5 aromatic carbocycles. The van der Waals surface area contributed by atoms with Crippen LogP contribution in [0.25, 0.3) is 11.1 Å². The molecule has 36 heavy (non-hydrogen) atoms. The van der Waals surface area contributed by atoms with Crippen molar-refractivity contribution in [3.8, 4) is 23.3 Å². The van der Waals surface area contributed by atoms with Gasteiger partial charge in [0.15, 0.2) is 0 Å². The third-order valence-corrected chi connectivity index (χ3v) is 6.82. The lowest BCUT2D eigenvalue weighted by atomic mass is 9.80. The molecule has 3 nitrogen and oxygen atoms in total. The molecule has 0 radical (unpaired) electrons. The fourth-order valence-electron chi connectivity index (χ4n) is 5.19. The Balaban J connectivity index is 1.49. The lowest BCUT2D eigenvalue weighted by Gasteiger charge is -2.38. The Morgan fingerprint density at radius 1 is 0.583 bits per heavy atom. The Morgan fingerprint density at radius 2 is 1.19 bits per heavy atom. The maximum Gasteiger partial charge on any atom is 0.0998 e. The van der Waals surface area contributed by atoms with Crippen LogP contribution in [0.4, 0.5) is 17.1 Å². The number of nitrogens with zero attached hydrogens (tertiary/aromatic N) is 3. The van der Waals surface area contributed by atoms with Gasteiger partial charge in [0.2, 0.25) is 0 Å². The summed E-state index contributed by atoms with van der Waals surface area (Å²) in [6.45, 7) is 0. The summed E-state index contributed by atoms with van der Waals surface area (Å²) in [5.41, 5.74) is 9.93. The molecule has 1 aliphatic heterocycles. The SMILES string of the molecule is N#Cc1ccc(C#N)c(-c2ccc(N3c4ccccc4C(c4ccccc4)c4ccccc43)cc2)c1. The Bertz CT molecular complexity index is 1610. The van der Waals surface area contributed by atoms with Gasteiger partial charge in [-0.15, -0.1) is 0 Å². The number of para-hydroxylation sites is 2. The third-order valence-electron chi connectivity index (χ3n) is 6.82. The van der Waals surface area contributed by atoms with Crippen LogP contribution >= 0.6 is 0 Å². The second-order valence-electron chi connectivity index (χ2n) is 8.83. The smallest absolute Gasteiger partial charge is 0.0998 e. The Labute approximate surface area is 210 Å². The second-order valence-corrected chi connectivity index (χ2v) is 8.83. The van der Waals surface area contributed by atoms with E-state index in [1.165, 1.54) is 16.7 Å². The summed E-state index contributed by atoms with van der Waals surface area (Å²) in [6.07, 6.45) is 0. The van der Waals surface area contributed by atoms with Gasteiger partial charge in [-0.3, -0.25) is 0 Å². The first kappa shape index (κ1) is 21.4. The normalized spacial score (nSPS) is 12.2. The molecule has 168 valence electrons. The molecule has 0 fully saturated rings. The molecule has 1 heterocycles. The van der Waals surface area contributed by atoms with Crippen LogP contribution in [0.1, 0.15) is 33.7 Å². The van der Waals surface area contributed by atoms with E-state index in [-0.39, 0.29) is 5.92 Å². The predicted octanol–water partition coefficient (Wildman–Crippen LogP) is 8.06. The number of fused-ring (bicyclic) bond motifs is 2. The van der Waals surface area contributed by atoms with Crippen LogP contribution in [0, 0.1) is 22.7 Å². The van der Waals surface area contributed by atoms with Gasteiger partial charge < -0.3 is 4.90 Å². The number of nitriles is 2. The van der Waals surface area contributed by atoms with E-state index in [1.54, 1.807) is 18.2 Å². The molecule has 5 aromatic rings. The number of hydrogen-bond donors (Lipinski definition) is 0. The molecular weight excluding hydrogens is 438 g/mol. The highest BCUT2D eigenvalue weighted by Gasteiger charge is 2.31. The minimum absolute atomic E-state index is 0.154. The minimum Gasteiger partial charge on any atom is -0.310 e. The van der Waals surface area contributed by atoms with Crippen LogP contribution in [0.3, 0.4) is 0 Å². The number of benzene rings is 5. The highest BCUT2D eigenvalue weighted by molar-refractivity contribution is 5.86. The van der Waals surface area contributed by atoms with Crippen LogP contribution in [0.2, 0.25) is 0 Å². The summed E-state index contributed by atoms with van der Waals surface area (Å²) >= 11 is 0. The zero-order valence-electron chi connectivity index (χ0n) is 19.5. The second kappa shape index (κ2) is 8.91. The van der Waals surface area contributed by atoms with Crippen molar-refractivity contribution in [1.82, 2.24) is 0 Å². The molecule has 0 spiro atoms. The minimum atomic E-state index is 0.154. The lowest BCUT2D eigenvalue weighted by Crippen LogP contribution is -2.22. The van der Waals surface area contributed by atoms with E-state index >= 15 is 0 Å². The van der Waals surface area contributed by atoms with Crippen molar-refractivity contribution in [2.24, 2.45) is 0 Å². The summed E-state index contributed by atoms with van der Waals surface area (Å²) in [7, 11) is 0. The first-order valence-electron chi connectivity index (χ1n) is 11.9. The quantitative estimate of drug-likeness (QED) is 0.269. The highest BCUT2D eigenvalue weighted by atomic mass is 15.2. The van der Waals surface area contributed by atoms with Gasteiger partial charge in [-0.2, -0.15) is 10.5 Å². The molecule has 0 amide bonds. The number of anilines is 3. The van der Waals surface area contributed by atoms with E-state index in [9.17, 15) is 10.5 Å². The van der Waals surface area contributed by atoms with Crippen LogP contribution in [0.5, 0.6) is 0 Å². The summed E-state index contributed by atoms with van der Waals surface area (Å²) < 4.78 is 0. The van der Waals surface area contributed by atoms with E-state index in [0.717, 1.165) is 28.2 Å². The van der Waals surface area contributed by atoms with Crippen LogP contribution in [0.15, 0.2) is 121 Å². The van der Waals surface area contributed by atoms with Gasteiger partial charge in [0, 0.05) is 17.2 Å². The fourth-order valence-corrected chi connectivity index (χ4v) is 5.19. The maximum atomic E-state index is 9.60.